The van der Waals surface area contributed by atoms with Gasteiger partial charge in [-0.25, -0.2) is 0 Å². The summed E-state index contributed by atoms with van der Waals surface area (Å²) in [5, 5.41) is 9.45. The van der Waals surface area contributed by atoms with Gasteiger partial charge in [-0.3, -0.25) is 4.79 Å². The second-order valence-corrected chi connectivity index (χ2v) is 3.86. The smallest absolute Gasteiger partial charge is 0.292 e. The molecule has 0 bridgehead atoms. The predicted molar refractivity (Wildman–Crippen MR) is 47.2 cm³/mol. The molecule has 0 aromatic carbocycles. The largest absolute Gasteiger partial charge is 0.494 e. The molecule has 14 heavy (non-hydrogen) atoms. The Hall–Kier alpha value is -1.23. The van der Waals surface area contributed by atoms with E-state index in [9.17, 15) is 9.90 Å². The van der Waals surface area contributed by atoms with Crippen molar-refractivity contribution in [2.75, 3.05) is 26.3 Å². The third-order valence-electron chi connectivity index (χ3n) is 2.21. The molecule has 78 valence electrons. The lowest BCUT2D eigenvalue weighted by Gasteiger charge is -2.44. The van der Waals surface area contributed by atoms with Crippen LogP contribution in [0.15, 0.2) is 12.0 Å². The van der Waals surface area contributed by atoms with E-state index in [4.69, 9.17) is 9.47 Å². The van der Waals surface area contributed by atoms with Crippen LogP contribution < -0.4 is 0 Å². The van der Waals surface area contributed by atoms with Gasteiger partial charge in [-0.1, -0.05) is 0 Å². The van der Waals surface area contributed by atoms with Crippen molar-refractivity contribution in [1.82, 2.24) is 4.90 Å². The highest BCUT2D eigenvalue weighted by molar-refractivity contribution is 5.92. The molecule has 5 nitrogen and oxygen atoms in total. The van der Waals surface area contributed by atoms with Crippen molar-refractivity contribution < 1.29 is 19.4 Å². The van der Waals surface area contributed by atoms with Crippen LogP contribution in [0.4, 0.5) is 0 Å². The molecule has 1 fully saturated rings. The van der Waals surface area contributed by atoms with E-state index in [0.29, 0.717) is 26.3 Å². The first kappa shape index (κ1) is 9.33. The lowest BCUT2D eigenvalue weighted by molar-refractivity contribution is -0.152. The monoisotopic (exact) mass is 199 g/mol. The molecule has 2 heterocycles. The van der Waals surface area contributed by atoms with Gasteiger partial charge >= 0.3 is 0 Å². The van der Waals surface area contributed by atoms with E-state index in [-0.39, 0.29) is 11.7 Å². The molecule has 0 aliphatic carbocycles. The minimum absolute atomic E-state index is 0.212. The first-order chi connectivity index (χ1) is 6.58. The summed E-state index contributed by atoms with van der Waals surface area (Å²) < 4.78 is 10.1. The molecular formula is C9H13NO4. The fourth-order valence-corrected chi connectivity index (χ4v) is 1.56. The quantitative estimate of drug-likeness (QED) is 0.616. The van der Waals surface area contributed by atoms with Gasteiger partial charge in [0.1, 0.15) is 19.5 Å². The molecule has 0 radical (unpaired) electrons. The van der Waals surface area contributed by atoms with E-state index in [1.54, 1.807) is 6.92 Å². The number of β-amino-alcohol motifs (C(OH)–C–C–N with tert-alkyl or cyclic N) is 1. The lowest BCUT2D eigenvalue weighted by Crippen LogP contribution is -2.62. The molecule has 1 amide bonds. The summed E-state index contributed by atoms with van der Waals surface area (Å²) in [6.07, 6.45) is 1.33. The van der Waals surface area contributed by atoms with Crippen molar-refractivity contribution in [3.8, 4) is 0 Å². The minimum atomic E-state index is -0.744. The average molecular weight is 199 g/mol. The summed E-state index contributed by atoms with van der Waals surface area (Å²) in [6.45, 7) is 3.29. The zero-order valence-electron chi connectivity index (χ0n) is 8.02. The van der Waals surface area contributed by atoms with Crippen LogP contribution in [0.1, 0.15) is 6.92 Å². The second-order valence-electron chi connectivity index (χ2n) is 3.86. The Balaban J connectivity index is 1.93. The number of ether oxygens (including phenoxy) is 2. The van der Waals surface area contributed by atoms with Gasteiger partial charge in [-0.05, 0) is 6.92 Å². The van der Waals surface area contributed by atoms with E-state index < -0.39 is 5.60 Å². The summed E-state index contributed by atoms with van der Waals surface area (Å²) in [5.74, 6) is 0.0166. The van der Waals surface area contributed by atoms with Crippen molar-refractivity contribution in [3.05, 3.63) is 12.0 Å². The number of hydrogen-bond donors (Lipinski definition) is 1. The van der Waals surface area contributed by atoms with Gasteiger partial charge in [-0.2, -0.15) is 0 Å². The minimum Gasteiger partial charge on any atom is -0.494 e. The molecule has 0 atom stereocenters. The van der Waals surface area contributed by atoms with Crippen molar-refractivity contribution in [3.63, 3.8) is 0 Å². The van der Waals surface area contributed by atoms with E-state index in [0.717, 1.165) is 0 Å². The van der Waals surface area contributed by atoms with E-state index in [1.165, 1.54) is 11.2 Å². The fourth-order valence-electron chi connectivity index (χ4n) is 1.56. The Morgan fingerprint density at radius 2 is 2.29 bits per heavy atom. The molecule has 1 N–H and O–H groups in total. The van der Waals surface area contributed by atoms with Gasteiger partial charge < -0.3 is 19.5 Å². The molecule has 0 aromatic heterocycles. The van der Waals surface area contributed by atoms with Crippen LogP contribution >= 0.6 is 0 Å². The number of aliphatic hydroxyl groups is 1. The summed E-state index contributed by atoms with van der Waals surface area (Å²) in [6, 6.07) is 0. The van der Waals surface area contributed by atoms with Crippen LogP contribution in [0.25, 0.3) is 0 Å². The Labute approximate surface area is 81.9 Å². The number of amides is 1. The summed E-state index contributed by atoms with van der Waals surface area (Å²) in [7, 11) is 0. The Bertz CT molecular complexity index is 277. The molecule has 0 aromatic rings. The van der Waals surface area contributed by atoms with Gasteiger partial charge in [0, 0.05) is 0 Å². The molecule has 2 rings (SSSR count). The highest BCUT2D eigenvalue weighted by atomic mass is 16.6. The van der Waals surface area contributed by atoms with Crippen LogP contribution in [0.3, 0.4) is 0 Å². The topological polar surface area (TPSA) is 59.0 Å². The van der Waals surface area contributed by atoms with Crippen molar-refractivity contribution in [2.24, 2.45) is 0 Å². The highest BCUT2D eigenvalue weighted by Gasteiger charge is 2.41. The van der Waals surface area contributed by atoms with Gasteiger partial charge in [0.15, 0.2) is 0 Å². The molecule has 2 aliphatic rings. The lowest BCUT2D eigenvalue weighted by atomic mass is 9.97. The van der Waals surface area contributed by atoms with Gasteiger partial charge in [0.2, 0.25) is 5.76 Å². The van der Waals surface area contributed by atoms with Crippen molar-refractivity contribution in [2.45, 2.75) is 12.5 Å². The van der Waals surface area contributed by atoms with Crippen LogP contribution in [-0.2, 0) is 14.3 Å². The van der Waals surface area contributed by atoms with Crippen LogP contribution in [0.5, 0.6) is 0 Å². The number of hydrogen-bond acceptors (Lipinski definition) is 4. The summed E-state index contributed by atoms with van der Waals surface area (Å²) in [4.78, 5) is 13.1. The Morgan fingerprint density at radius 1 is 1.57 bits per heavy atom. The number of likely N-dealkylation sites (tertiary alicyclic amines) is 1. The van der Waals surface area contributed by atoms with Crippen LogP contribution in [-0.4, -0.2) is 47.8 Å². The zero-order chi connectivity index (χ0) is 10.2. The van der Waals surface area contributed by atoms with Crippen LogP contribution in [0, 0.1) is 0 Å². The van der Waals surface area contributed by atoms with Gasteiger partial charge in [0.05, 0.1) is 18.7 Å². The molecule has 0 saturated carbocycles. The highest BCUT2D eigenvalue weighted by Crippen LogP contribution is 2.22. The van der Waals surface area contributed by atoms with E-state index in [2.05, 4.69) is 0 Å². The Kier molecular flexibility index (Phi) is 2.11. The fraction of sp³-hybridized carbons (Fsp3) is 0.667. The third kappa shape index (κ3) is 1.68. The maximum atomic E-state index is 11.6. The normalized spacial score (nSPS) is 24.1. The maximum Gasteiger partial charge on any atom is 0.292 e. The predicted octanol–water partition coefficient (Wildman–Crippen LogP) is -0.532. The molecule has 0 spiro atoms. The zero-order valence-corrected chi connectivity index (χ0v) is 8.02. The Morgan fingerprint density at radius 3 is 2.79 bits per heavy atom. The van der Waals surface area contributed by atoms with Gasteiger partial charge in [-0.15, -0.1) is 0 Å². The molecule has 5 heteroatoms. The number of rotatable bonds is 1. The molecule has 2 aliphatic heterocycles. The standard InChI is InChI=1S/C9H13NO4/c1-9(12)5-10(6-9)8(11)7-4-13-2-3-14-7/h4,12H,2-3,5-6H2,1H3. The van der Waals surface area contributed by atoms with Crippen molar-refractivity contribution >= 4 is 5.91 Å². The molecular weight excluding hydrogens is 186 g/mol. The number of nitrogens with zero attached hydrogens (tertiary/aromatic N) is 1. The first-order valence-electron chi connectivity index (χ1n) is 4.55. The molecule has 1 saturated heterocycles. The van der Waals surface area contributed by atoms with Gasteiger partial charge in [0.25, 0.3) is 5.91 Å². The van der Waals surface area contributed by atoms with E-state index in [1.807, 2.05) is 0 Å². The maximum absolute atomic E-state index is 11.6. The van der Waals surface area contributed by atoms with E-state index >= 15 is 0 Å². The van der Waals surface area contributed by atoms with Crippen molar-refractivity contribution in [1.29, 1.82) is 0 Å². The summed E-state index contributed by atoms with van der Waals surface area (Å²) in [5.41, 5.74) is -0.744. The second kappa shape index (κ2) is 3.16. The SMILES string of the molecule is CC1(O)CN(C(=O)C2=COCCO2)C1. The number of carbonyl (C=O) groups excluding carboxylic acids is 1. The molecule has 0 unspecified atom stereocenters. The third-order valence-corrected chi connectivity index (χ3v) is 2.21. The van der Waals surface area contributed by atoms with Crippen LogP contribution in [0.2, 0.25) is 0 Å². The first-order valence-corrected chi connectivity index (χ1v) is 4.55. The number of carbonyl (C=O) groups is 1. The average Bonchev–Trinajstić information content (AvgIpc) is 2.14. The summed E-state index contributed by atoms with van der Waals surface area (Å²) >= 11 is 0.